The summed E-state index contributed by atoms with van der Waals surface area (Å²) in [6.07, 6.45) is 1.16. The number of nitrogens with one attached hydrogen (secondary N) is 1. The molecule has 1 aliphatic rings. The fraction of sp³-hybridized carbons (Fsp3) is 0.0476. The molecule has 8 nitrogen and oxygen atoms in total. The second-order valence-electron chi connectivity index (χ2n) is 6.65. The molecule has 1 aliphatic heterocycles. The van der Waals surface area contributed by atoms with Crippen LogP contribution in [0.25, 0.3) is 11.8 Å². The first-order valence-corrected chi connectivity index (χ1v) is 9.35. The van der Waals surface area contributed by atoms with Gasteiger partial charge < -0.3 is 5.11 Å². The second-order valence-corrected chi connectivity index (χ2v) is 7.08. The molecule has 0 unspecified atom stereocenters. The number of benzene rings is 2. The number of aromatic amines is 1. The van der Waals surface area contributed by atoms with E-state index in [9.17, 15) is 23.9 Å². The van der Waals surface area contributed by atoms with Crippen LogP contribution in [0.3, 0.4) is 0 Å². The van der Waals surface area contributed by atoms with E-state index in [4.69, 9.17) is 11.6 Å². The van der Waals surface area contributed by atoms with Gasteiger partial charge in [0.1, 0.15) is 11.4 Å². The van der Waals surface area contributed by atoms with Crippen molar-refractivity contribution in [1.82, 2.24) is 9.55 Å². The van der Waals surface area contributed by atoms with Gasteiger partial charge in [-0.15, -0.1) is 0 Å². The van der Waals surface area contributed by atoms with Crippen LogP contribution in [0.4, 0.5) is 10.1 Å². The number of hydrogen-bond donors (Lipinski definition) is 2. The van der Waals surface area contributed by atoms with Crippen LogP contribution in [0.2, 0.25) is 5.02 Å². The lowest BCUT2D eigenvalue weighted by molar-refractivity contribution is -0.114. The summed E-state index contributed by atoms with van der Waals surface area (Å²) in [4.78, 5) is 39.7. The number of anilines is 1. The van der Waals surface area contributed by atoms with Gasteiger partial charge in [0, 0.05) is 5.02 Å². The minimum absolute atomic E-state index is 0.0337. The van der Waals surface area contributed by atoms with E-state index in [2.05, 4.69) is 10.1 Å². The minimum atomic E-state index is -0.874. The molecule has 0 bridgehead atoms. The molecule has 1 amide bonds. The van der Waals surface area contributed by atoms with Crippen molar-refractivity contribution in [3.63, 3.8) is 0 Å². The average molecular weight is 441 g/mol. The molecule has 156 valence electrons. The highest BCUT2D eigenvalue weighted by atomic mass is 35.5. The number of amides is 1. The molecule has 10 heteroatoms. The van der Waals surface area contributed by atoms with Crippen LogP contribution in [0.5, 0.6) is 5.88 Å². The van der Waals surface area contributed by atoms with Crippen LogP contribution < -0.4 is 16.3 Å². The monoisotopic (exact) mass is 440 g/mol. The molecular weight excluding hydrogens is 427 g/mol. The number of rotatable bonds is 3. The van der Waals surface area contributed by atoms with Crippen LogP contribution in [-0.4, -0.2) is 26.3 Å². The van der Waals surface area contributed by atoms with E-state index in [1.807, 2.05) is 0 Å². The fourth-order valence-electron chi connectivity index (χ4n) is 3.08. The second kappa shape index (κ2) is 7.69. The van der Waals surface area contributed by atoms with Gasteiger partial charge in [-0.25, -0.2) is 13.8 Å². The van der Waals surface area contributed by atoms with Crippen molar-refractivity contribution in [2.45, 2.75) is 6.92 Å². The normalized spacial score (nSPS) is 14.9. The summed E-state index contributed by atoms with van der Waals surface area (Å²) in [5, 5.41) is 16.3. The standard InChI is InChI=1S/C21H14ClFN4O4/c1-11-16(20(30)27(25-11)15-8-4-13(23)5-9-15)10-17-18(28)24-21(31)26(19(17)29)14-6-2-12(22)3-7-14/h2-10,29H,1H3,(H,24,28,31)/b16-10+. The van der Waals surface area contributed by atoms with E-state index in [1.165, 1.54) is 48.5 Å². The third-order valence-corrected chi connectivity index (χ3v) is 4.88. The number of hydrogen-bond acceptors (Lipinski definition) is 5. The third kappa shape index (κ3) is 3.66. The van der Waals surface area contributed by atoms with E-state index in [0.29, 0.717) is 10.7 Å². The molecule has 0 spiro atoms. The first-order chi connectivity index (χ1) is 14.8. The van der Waals surface area contributed by atoms with Gasteiger partial charge in [-0.05, 0) is 61.5 Å². The highest BCUT2D eigenvalue weighted by Crippen LogP contribution is 2.26. The number of hydrazone groups is 1. The Hall–Kier alpha value is -3.98. The van der Waals surface area contributed by atoms with E-state index >= 15 is 0 Å². The van der Waals surface area contributed by atoms with Gasteiger partial charge in [0.25, 0.3) is 11.5 Å². The van der Waals surface area contributed by atoms with Crippen molar-refractivity contribution >= 4 is 35.0 Å². The lowest BCUT2D eigenvalue weighted by Crippen LogP contribution is -2.30. The summed E-state index contributed by atoms with van der Waals surface area (Å²) in [5.41, 5.74) is -1.13. The third-order valence-electron chi connectivity index (χ3n) is 4.63. The molecule has 0 radical (unpaired) electrons. The number of carbonyl (C=O) groups excluding carboxylic acids is 1. The Morgan fingerprint density at radius 1 is 1.03 bits per heavy atom. The maximum Gasteiger partial charge on any atom is 0.335 e. The van der Waals surface area contributed by atoms with Crippen LogP contribution in [-0.2, 0) is 4.79 Å². The van der Waals surface area contributed by atoms with E-state index < -0.39 is 28.9 Å². The maximum absolute atomic E-state index is 13.2. The van der Waals surface area contributed by atoms with Gasteiger partial charge in [0.2, 0.25) is 5.88 Å². The van der Waals surface area contributed by atoms with Gasteiger partial charge in [-0.2, -0.15) is 10.1 Å². The molecule has 0 saturated heterocycles. The number of aromatic nitrogens is 2. The SMILES string of the molecule is CC1=NN(c2ccc(F)cc2)C(=O)/C1=C/c1c(O)n(-c2ccc(Cl)cc2)c(=O)[nH]c1=O. The number of aromatic hydroxyl groups is 1. The highest BCUT2D eigenvalue weighted by Gasteiger charge is 2.30. The van der Waals surface area contributed by atoms with Crippen LogP contribution in [0.1, 0.15) is 12.5 Å². The summed E-state index contributed by atoms with van der Waals surface area (Å²) < 4.78 is 14.1. The molecule has 4 rings (SSSR count). The van der Waals surface area contributed by atoms with Crippen LogP contribution in [0, 0.1) is 5.82 Å². The van der Waals surface area contributed by atoms with Gasteiger partial charge in [0.15, 0.2) is 0 Å². The average Bonchev–Trinajstić information content (AvgIpc) is 3.01. The van der Waals surface area contributed by atoms with Crippen LogP contribution >= 0.6 is 11.6 Å². The smallest absolute Gasteiger partial charge is 0.335 e. The summed E-state index contributed by atoms with van der Waals surface area (Å²) in [6, 6.07) is 11.2. The van der Waals surface area contributed by atoms with Gasteiger partial charge in [0.05, 0.1) is 22.7 Å². The van der Waals surface area contributed by atoms with Gasteiger partial charge >= 0.3 is 5.69 Å². The van der Waals surface area contributed by atoms with Crippen molar-refractivity contribution in [3.05, 3.63) is 91.3 Å². The molecule has 31 heavy (non-hydrogen) atoms. The molecule has 2 N–H and O–H groups in total. The largest absolute Gasteiger partial charge is 0.494 e. The summed E-state index contributed by atoms with van der Waals surface area (Å²) in [5.74, 6) is -1.69. The van der Waals surface area contributed by atoms with E-state index in [1.54, 1.807) is 6.92 Å². The van der Waals surface area contributed by atoms with Gasteiger partial charge in [-0.1, -0.05) is 11.6 Å². The van der Waals surface area contributed by atoms with Crippen molar-refractivity contribution in [1.29, 1.82) is 0 Å². The molecule has 2 aromatic carbocycles. The van der Waals surface area contributed by atoms with Gasteiger partial charge in [-0.3, -0.25) is 14.6 Å². The Labute approximate surface area is 179 Å². The lowest BCUT2D eigenvalue weighted by Gasteiger charge is -2.12. The first kappa shape index (κ1) is 20.3. The molecule has 0 aliphatic carbocycles. The Morgan fingerprint density at radius 2 is 1.65 bits per heavy atom. The number of halogens is 2. The van der Waals surface area contributed by atoms with E-state index in [-0.39, 0.29) is 22.5 Å². The Morgan fingerprint density at radius 3 is 2.29 bits per heavy atom. The molecule has 0 atom stereocenters. The predicted octanol–water partition coefficient (Wildman–Crippen LogP) is 2.83. The highest BCUT2D eigenvalue weighted by molar-refractivity contribution is 6.32. The molecule has 0 fully saturated rings. The molecule has 0 saturated carbocycles. The summed E-state index contributed by atoms with van der Waals surface area (Å²) in [7, 11) is 0. The van der Waals surface area contributed by atoms with Crippen LogP contribution in [0.15, 0.2) is 68.8 Å². The van der Waals surface area contributed by atoms with Crippen molar-refractivity contribution < 1.29 is 14.3 Å². The molecule has 1 aromatic heterocycles. The lowest BCUT2D eigenvalue weighted by atomic mass is 10.1. The Bertz CT molecular complexity index is 1370. The maximum atomic E-state index is 13.2. The first-order valence-electron chi connectivity index (χ1n) is 8.98. The number of H-pyrrole nitrogens is 1. The molecule has 3 aromatic rings. The summed E-state index contributed by atoms with van der Waals surface area (Å²) in [6.45, 7) is 1.55. The Balaban J connectivity index is 1.81. The predicted molar refractivity (Wildman–Crippen MR) is 114 cm³/mol. The topological polar surface area (TPSA) is 108 Å². The Kier molecular flexibility index (Phi) is 5.04. The van der Waals surface area contributed by atoms with Crippen molar-refractivity contribution in [2.75, 3.05) is 5.01 Å². The number of carbonyl (C=O) groups is 1. The number of nitrogens with zero attached hydrogens (tertiary/aromatic N) is 3. The zero-order valence-corrected chi connectivity index (χ0v) is 16.7. The van der Waals surface area contributed by atoms with Crippen molar-refractivity contribution in [3.8, 4) is 11.6 Å². The minimum Gasteiger partial charge on any atom is -0.494 e. The molecule has 2 heterocycles. The van der Waals surface area contributed by atoms with Crippen molar-refractivity contribution in [2.24, 2.45) is 5.10 Å². The zero-order valence-electron chi connectivity index (χ0n) is 16.0. The summed E-state index contributed by atoms with van der Waals surface area (Å²) >= 11 is 5.86. The fourth-order valence-corrected chi connectivity index (χ4v) is 3.21. The molecular formula is C21H14ClFN4O4. The quantitative estimate of drug-likeness (QED) is 0.610. The zero-order chi connectivity index (χ0) is 22.3. The van der Waals surface area contributed by atoms with E-state index in [0.717, 1.165) is 15.7 Å².